The third-order valence-electron chi connectivity index (χ3n) is 5.64. The van der Waals surface area contributed by atoms with Crippen molar-refractivity contribution < 1.29 is 8.81 Å². The van der Waals surface area contributed by atoms with Crippen LogP contribution in [0.1, 0.15) is 42.7 Å². The number of aromatic nitrogens is 1. The number of piperidine rings is 1. The number of oxazole rings is 1. The summed E-state index contributed by atoms with van der Waals surface area (Å²) in [5.41, 5.74) is 1.92. The van der Waals surface area contributed by atoms with Gasteiger partial charge in [-0.15, -0.1) is 24.0 Å². The Morgan fingerprint density at radius 3 is 2.68 bits per heavy atom. The molecular weight excluding hydrogens is 508 g/mol. The molecule has 8 heteroatoms. The Bertz CT molecular complexity index is 829. The second kappa shape index (κ2) is 12.4. The fourth-order valence-electron chi connectivity index (χ4n) is 3.79. The van der Waals surface area contributed by atoms with E-state index in [9.17, 15) is 4.39 Å². The summed E-state index contributed by atoms with van der Waals surface area (Å²) in [6, 6.07) is 6.74. The van der Waals surface area contributed by atoms with Crippen LogP contribution < -0.4 is 5.32 Å². The van der Waals surface area contributed by atoms with E-state index in [0.717, 1.165) is 74.4 Å². The van der Waals surface area contributed by atoms with Crippen LogP contribution in [0.5, 0.6) is 0 Å². The average molecular weight is 543 g/mol. The third-order valence-corrected chi connectivity index (χ3v) is 5.64. The zero-order valence-electron chi connectivity index (χ0n) is 19.0. The van der Waals surface area contributed by atoms with Crippen LogP contribution >= 0.6 is 24.0 Å². The van der Waals surface area contributed by atoms with Gasteiger partial charge in [0.05, 0.1) is 12.2 Å². The van der Waals surface area contributed by atoms with Gasteiger partial charge in [0.1, 0.15) is 11.6 Å². The van der Waals surface area contributed by atoms with Crippen LogP contribution in [0, 0.1) is 25.6 Å². The molecule has 1 N–H and O–H groups in total. The monoisotopic (exact) mass is 543 g/mol. The van der Waals surface area contributed by atoms with Crippen molar-refractivity contribution in [2.24, 2.45) is 10.9 Å². The van der Waals surface area contributed by atoms with Gasteiger partial charge in [0.15, 0.2) is 5.96 Å². The van der Waals surface area contributed by atoms with E-state index in [4.69, 9.17) is 9.41 Å². The molecule has 31 heavy (non-hydrogen) atoms. The number of hydrogen-bond donors (Lipinski definition) is 1. The topological polar surface area (TPSA) is 56.9 Å². The standard InChI is InChI=1S/C23H34FN5O.HI/c1-5-25-23(28(4)15-20-7-6-8-21(24)13-20)26-14-19-9-11-29(12-10-19)16-22-27-17(2)18(3)30-22;/h6-8,13,19H,5,9-12,14-16H2,1-4H3,(H,25,26);1H. The SMILES string of the molecule is CCNC(=NCC1CCN(Cc2nc(C)c(C)o2)CC1)N(C)Cc1cccc(F)c1.I. The summed E-state index contributed by atoms with van der Waals surface area (Å²) in [6.45, 7) is 11.1. The van der Waals surface area contributed by atoms with Crippen molar-refractivity contribution in [1.82, 2.24) is 20.1 Å². The molecule has 0 atom stereocenters. The van der Waals surface area contributed by atoms with E-state index in [1.165, 1.54) is 6.07 Å². The second-order valence-electron chi connectivity index (χ2n) is 8.15. The van der Waals surface area contributed by atoms with Gasteiger partial charge >= 0.3 is 0 Å². The van der Waals surface area contributed by atoms with Crippen molar-refractivity contribution in [2.75, 3.05) is 33.2 Å². The lowest BCUT2D eigenvalue weighted by atomic mass is 9.97. The number of aliphatic imine (C=N–C) groups is 1. The van der Waals surface area contributed by atoms with Gasteiger partial charge in [0.25, 0.3) is 0 Å². The maximum absolute atomic E-state index is 13.5. The highest BCUT2D eigenvalue weighted by Gasteiger charge is 2.21. The smallest absolute Gasteiger partial charge is 0.208 e. The Labute approximate surface area is 202 Å². The Morgan fingerprint density at radius 2 is 2.06 bits per heavy atom. The largest absolute Gasteiger partial charge is 0.444 e. The number of benzene rings is 1. The lowest BCUT2D eigenvalue weighted by Gasteiger charge is -2.30. The van der Waals surface area contributed by atoms with Gasteiger partial charge in [-0.1, -0.05) is 12.1 Å². The minimum Gasteiger partial charge on any atom is -0.444 e. The third kappa shape index (κ3) is 7.75. The number of likely N-dealkylation sites (tertiary alicyclic amines) is 1. The minimum atomic E-state index is -0.204. The summed E-state index contributed by atoms with van der Waals surface area (Å²) < 4.78 is 19.2. The highest BCUT2D eigenvalue weighted by atomic mass is 127. The maximum Gasteiger partial charge on any atom is 0.208 e. The number of nitrogens with one attached hydrogen (secondary N) is 1. The lowest BCUT2D eigenvalue weighted by molar-refractivity contribution is 0.166. The lowest BCUT2D eigenvalue weighted by Crippen LogP contribution is -2.39. The summed E-state index contributed by atoms with van der Waals surface area (Å²) in [5, 5.41) is 3.36. The van der Waals surface area contributed by atoms with E-state index in [0.29, 0.717) is 12.5 Å². The molecule has 3 rings (SSSR count). The predicted octanol–water partition coefficient (Wildman–Crippen LogP) is 4.36. The van der Waals surface area contributed by atoms with Crippen LogP contribution in [-0.2, 0) is 13.1 Å². The average Bonchev–Trinajstić information content (AvgIpc) is 3.03. The minimum absolute atomic E-state index is 0. The van der Waals surface area contributed by atoms with Crippen LogP contribution in [0.4, 0.5) is 4.39 Å². The van der Waals surface area contributed by atoms with Crippen LogP contribution in [0.2, 0.25) is 0 Å². The van der Waals surface area contributed by atoms with E-state index in [1.54, 1.807) is 12.1 Å². The Kier molecular flexibility index (Phi) is 10.2. The number of aryl methyl sites for hydroxylation is 2. The molecule has 1 aliphatic heterocycles. The van der Waals surface area contributed by atoms with Crippen LogP contribution in [-0.4, -0.2) is 54.0 Å². The predicted molar refractivity (Wildman–Crippen MR) is 133 cm³/mol. The zero-order valence-corrected chi connectivity index (χ0v) is 21.4. The van der Waals surface area contributed by atoms with Crippen LogP contribution in [0.15, 0.2) is 33.7 Å². The van der Waals surface area contributed by atoms with Crippen molar-refractivity contribution in [1.29, 1.82) is 0 Å². The van der Waals surface area contributed by atoms with Gasteiger partial charge < -0.3 is 14.6 Å². The quantitative estimate of drug-likeness (QED) is 0.320. The molecule has 0 spiro atoms. The fourth-order valence-corrected chi connectivity index (χ4v) is 3.79. The molecule has 1 aromatic carbocycles. The van der Waals surface area contributed by atoms with Crippen molar-refractivity contribution in [2.45, 2.75) is 46.7 Å². The highest BCUT2D eigenvalue weighted by molar-refractivity contribution is 14.0. The molecule has 0 saturated carbocycles. The molecule has 1 fully saturated rings. The molecule has 1 aromatic heterocycles. The second-order valence-corrected chi connectivity index (χ2v) is 8.15. The summed E-state index contributed by atoms with van der Waals surface area (Å²) in [5.74, 6) is 2.97. The molecule has 6 nitrogen and oxygen atoms in total. The Hall–Kier alpha value is -1.68. The van der Waals surface area contributed by atoms with E-state index >= 15 is 0 Å². The van der Waals surface area contributed by atoms with Crippen molar-refractivity contribution in [3.63, 3.8) is 0 Å². The zero-order chi connectivity index (χ0) is 21.5. The first kappa shape index (κ1) is 25.6. The van der Waals surface area contributed by atoms with E-state index in [2.05, 4.69) is 27.0 Å². The number of halogens is 2. The first-order valence-electron chi connectivity index (χ1n) is 10.8. The van der Waals surface area contributed by atoms with Crippen molar-refractivity contribution in [3.8, 4) is 0 Å². The molecule has 0 unspecified atom stereocenters. The molecule has 0 bridgehead atoms. The first-order chi connectivity index (χ1) is 14.4. The molecule has 2 aromatic rings. The molecule has 0 radical (unpaired) electrons. The molecule has 1 aliphatic rings. The van der Waals surface area contributed by atoms with E-state index < -0.39 is 0 Å². The van der Waals surface area contributed by atoms with Crippen molar-refractivity contribution >= 4 is 29.9 Å². The van der Waals surface area contributed by atoms with Gasteiger partial charge in [-0.05, 0) is 70.3 Å². The van der Waals surface area contributed by atoms with Gasteiger partial charge in [-0.2, -0.15) is 0 Å². The normalized spacial score (nSPS) is 15.6. The van der Waals surface area contributed by atoms with Crippen LogP contribution in [0.3, 0.4) is 0 Å². The summed E-state index contributed by atoms with van der Waals surface area (Å²) in [7, 11) is 2.00. The van der Waals surface area contributed by atoms with Gasteiger partial charge in [0.2, 0.25) is 5.89 Å². The van der Waals surface area contributed by atoms with Crippen molar-refractivity contribution in [3.05, 3.63) is 53.0 Å². The Balaban J connectivity index is 0.00000341. The number of hydrogen-bond acceptors (Lipinski definition) is 4. The summed E-state index contributed by atoms with van der Waals surface area (Å²) >= 11 is 0. The molecule has 0 aliphatic carbocycles. The molecule has 172 valence electrons. The Morgan fingerprint density at radius 1 is 1.32 bits per heavy atom. The first-order valence-corrected chi connectivity index (χ1v) is 10.8. The van der Waals surface area contributed by atoms with Crippen LogP contribution in [0.25, 0.3) is 0 Å². The fraction of sp³-hybridized carbons (Fsp3) is 0.565. The van der Waals surface area contributed by atoms with E-state index in [1.807, 2.05) is 27.0 Å². The number of rotatable bonds is 7. The number of nitrogens with zero attached hydrogens (tertiary/aromatic N) is 4. The number of guanidine groups is 1. The molecular formula is C23H35FIN5O. The summed E-state index contributed by atoms with van der Waals surface area (Å²) in [6.07, 6.45) is 2.24. The van der Waals surface area contributed by atoms with E-state index in [-0.39, 0.29) is 29.8 Å². The van der Waals surface area contributed by atoms with Gasteiger partial charge in [0, 0.05) is 26.7 Å². The maximum atomic E-state index is 13.5. The molecule has 0 amide bonds. The molecule has 1 saturated heterocycles. The van der Waals surface area contributed by atoms with Gasteiger partial charge in [-0.3, -0.25) is 9.89 Å². The summed E-state index contributed by atoms with van der Waals surface area (Å²) in [4.78, 5) is 13.8. The van der Waals surface area contributed by atoms with Gasteiger partial charge in [-0.25, -0.2) is 9.37 Å². The highest BCUT2D eigenvalue weighted by Crippen LogP contribution is 2.20. The molecule has 2 heterocycles.